The summed E-state index contributed by atoms with van der Waals surface area (Å²) in [7, 11) is 1.79. The molecule has 0 N–H and O–H groups in total. The number of rotatable bonds is 8. The van der Waals surface area contributed by atoms with Gasteiger partial charge < -0.3 is 14.4 Å². The molecule has 1 aromatic carbocycles. The Morgan fingerprint density at radius 3 is 2.32 bits per heavy atom. The first-order valence-corrected chi connectivity index (χ1v) is 14.7. The minimum atomic E-state index is -0.392. The first-order valence-electron chi connectivity index (χ1n) is 14.7. The number of piperidine rings is 1. The highest BCUT2D eigenvalue weighted by Crippen LogP contribution is 2.47. The van der Waals surface area contributed by atoms with Crippen molar-refractivity contribution in [1.29, 1.82) is 0 Å². The Hall–Kier alpha value is -2.08. The fraction of sp³-hybridized carbons (Fsp3) is 0.742. The van der Waals surface area contributed by atoms with Crippen LogP contribution in [-0.4, -0.2) is 61.1 Å². The quantitative estimate of drug-likeness (QED) is 0.435. The van der Waals surface area contributed by atoms with E-state index in [0.29, 0.717) is 24.9 Å². The van der Waals surface area contributed by atoms with Gasteiger partial charge >= 0.3 is 5.97 Å². The topological polar surface area (TPSA) is 59.1 Å². The number of hydrogen-bond acceptors (Lipinski definition) is 5. The molecule has 1 amide bonds. The van der Waals surface area contributed by atoms with E-state index in [1.807, 2.05) is 13.8 Å². The number of aryl methyl sites for hydroxylation is 1. The molecule has 1 aromatic rings. The van der Waals surface area contributed by atoms with Gasteiger partial charge in [0.2, 0.25) is 5.91 Å². The lowest BCUT2D eigenvalue weighted by Crippen LogP contribution is -2.45. The van der Waals surface area contributed by atoms with Gasteiger partial charge in [0.05, 0.1) is 19.1 Å². The van der Waals surface area contributed by atoms with Crippen molar-refractivity contribution in [2.75, 3.05) is 33.4 Å². The minimum Gasteiger partial charge on any atom is -0.496 e. The molecule has 0 radical (unpaired) electrons. The van der Waals surface area contributed by atoms with E-state index in [1.54, 1.807) is 7.11 Å². The van der Waals surface area contributed by atoms with Crippen LogP contribution >= 0.6 is 0 Å². The fourth-order valence-electron chi connectivity index (χ4n) is 7.13. The number of esters is 1. The lowest BCUT2D eigenvalue weighted by molar-refractivity contribution is -0.157. The standard InChI is InChI=1S/C31H46N2O4/c1-5-22-18-27(36-4)26(23-7-8-23)17-24(22)20-32-15-13-31(14-16-32)19-28(34)33(21-31)25-9-11-30(3,12-10-25)29(35)37-6-2/h17-18,23,25H,5-16,19-21H2,1-4H3. The second-order valence-electron chi connectivity index (χ2n) is 12.5. The summed E-state index contributed by atoms with van der Waals surface area (Å²) in [6, 6.07) is 4.98. The number of benzene rings is 1. The average molecular weight is 511 g/mol. The van der Waals surface area contributed by atoms with Crippen molar-refractivity contribution in [2.24, 2.45) is 10.8 Å². The van der Waals surface area contributed by atoms with E-state index < -0.39 is 5.41 Å². The minimum absolute atomic E-state index is 0.0719. The van der Waals surface area contributed by atoms with Crippen molar-refractivity contribution in [3.8, 4) is 5.75 Å². The summed E-state index contributed by atoms with van der Waals surface area (Å²) in [5, 5.41) is 0. The number of ether oxygens (including phenoxy) is 2. The lowest BCUT2D eigenvalue weighted by Gasteiger charge is -2.42. The van der Waals surface area contributed by atoms with Crippen molar-refractivity contribution in [1.82, 2.24) is 9.80 Å². The Labute approximate surface area is 223 Å². The van der Waals surface area contributed by atoms with Gasteiger partial charge in [-0.05, 0) is 119 Å². The van der Waals surface area contributed by atoms with Gasteiger partial charge in [0.15, 0.2) is 0 Å². The zero-order chi connectivity index (χ0) is 26.2. The first-order chi connectivity index (χ1) is 17.8. The van der Waals surface area contributed by atoms with E-state index in [2.05, 4.69) is 28.9 Å². The van der Waals surface area contributed by atoms with E-state index >= 15 is 0 Å². The summed E-state index contributed by atoms with van der Waals surface area (Å²) in [5.74, 6) is 2.00. The number of carbonyl (C=O) groups excluding carboxylic acids is 2. The zero-order valence-corrected chi connectivity index (χ0v) is 23.4. The Bertz CT molecular complexity index is 1000. The maximum atomic E-state index is 13.2. The molecule has 204 valence electrons. The maximum Gasteiger partial charge on any atom is 0.311 e. The number of hydrogen-bond donors (Lipinski definition) is 0. The first kappa shape index (κ1) is 26.5. The second kappa shape index (κ2) is 10.6. The Balaban J connectivity index is 1.18. The van der Waals surface area contributed by atoms with Crippen LogP contribution in [0.1, 0.15) is 101 Å². The Kier molecular flexibility index (Phi) is 7.59. The highest BCUT2D eigenvalue weighted by molar-refractivity contribution is 5.80. The van der Waals surface area contributed by atoms with Crippen LogP contribution in [0.2, 0.25) is 0 Å². The van der Waals surface area contributed by atoms with Crippen LogP contribution in [0.15, 0.2) is 12.1 Å². The zero-order valence-electron chi connectivity index (χ0n) is 23.4. The monoisotopic (exact) mass is 510 g/mol. The molecule has 0 bridgehead atoms. The van der Waals surface area contributed by atoms with Crippen LogP contribution in [0.25, 0.3) is 0 Å². The molecule has 37 heavy (non-hydrogen) atoms. The van der Waals surface area contributed by atoms with Gasteiger partial charge in [-0.15, -0.1) is 0 Å². The van der Waals surface area contributed by atoms with Crippen LogP contribution in [0.5, 0.6) is 5.75 Å². The van der Waals surface area contributed by atoms with Gasteiger partial charge in [-0.25, -0.2) is 0 Å². The van der Waals surface area contributed by atoms with Crippen molar-refractivity contribution >= 4 is 11.9 Å². The van der Waals surface area contributed by atoms with Gasteiger partial charge in [0.1, 0.15) is 5.75 Å². The van der Waals surface area contributed by atoms with E-state index in [4.69, 9.17) is 9.47 Å². The molecule has 2 heterocycles. The predicted octanol–water partition coefficient (Wildman–Crippen LogP) is 5.46. The van der Waals surface area contributed by atoms with E-state index in [1.165, 1.54) is 29.5 Å². The number of nitrogens with zero attached hydrogens (tertiary/aromatic N) is 2. The van der Waals surface area contributed by atoms with E-state index in [-0.39, 0.29) is 17.4 Å². The van der Waals surface area contributed by atoms with Crippen LogP contribution in [0.3, 0.4) is 0 Å². The summed E-state index contributed by atoms with van der Waals surface area (Å²) in [6.07, 6.45) is 9.90. The van der Waals surface area contributed by atoms with Gasteiger partial charge in [-0.2, -0.15) is 0 Å². The Morgan fingerprint density at radius 2 is 1.73 bits per heavy atom. The molecule has 6 heteroatoms. The summed E-state index contributed by atoms with van der Waals surface area (Å²) in [4.78, 5) is 30.4. The average Bonchev–Trinajstić information content (AvgIpc) is 3.70. The normalized spacial score (nSPS) is 28.1. The molecule has 4 fully saturated rings. The van der Waals surface area contributed by atoms with Crippen LogP contribution in [-0.2, 0) is 27.3 Å². The highest BCUT2D eigenvalue weighted by Gasteiger charge is 2.49. The molecule has 6 nitrogen and oxygen atoms in total. The third-order valence-corrected chi connectivity index (χ3v) is 9.88. The number of carbonyl (C=O) groups is 2. The van der Waals surface area contributed by atoms with E-state index in [9.17, 15) is 9.59 Å². The predicted molar refractivity (Wildman–Crippen MR) is 145 cm³/mol. The van der Waals surface area contributed by atoms with Crippen molar-refractivity contribution < 1.29 is 19.1 Å². The summed E-state index contributed by atoms with van der Waals surface area (Å²) < 4.78 is 11.1. The van der Waals surface area contributed by atoms with Crippen LogP contribution in [0.4, 0.5) is 0 Å². The number of likely N-dealkylation sites (tertiary alicyclic amines) is 2. The molecule has 0 aromatic heterocycles. The van der Waals surface area contributed by atoms with Crippen LogP contribution in [0, 0.1) is 10.8 Å². The molecule has 4 aliphatic rings. The molecule has 2 aliphatic carbocycles. The van der Waals surface area contributed by atoms with Gasteiger partial charge in [0.25, 0.3) is 0 Å². The van der Waals surface area contributed by atoms with Crippen molar-refractivity contribution in [3.05, 3.63) is 28.8 Å². The SMILES string of the molecule is CCOC(=O)C1(C)CCC(N2CC3(CCN(Cc4cc(C5CC5)c(OC)cc4CC)CC3)CC2=O)CC1. The smallest absolute Gasteiger partial charge is 0.311 e. The molecule has 2 saturated carbocycles. The molecule has 0 atom stereocenters. The molecular formula is C31H46N2O4. The summed E-state index contributed by atoms with van der Waals surface area (Å²) >= 11 is 0. The van der Waals surface area contributed by atoms with Crippen molar-refractivity contribution in [2.45, 2.75) is 103 Å². The van der Waals surface area contributed by atoms with E-state index in [0.717, 1.165) is 76.9 Å². The summed E-state index contributed by atoms with van der Waals surface area (Å²) in [6.45, 7) is 10.6. The second-order valence-corrected chi connectivity index (χ2v) is 12.5. The molecule has 5 rings (SSSR count). The van der Waals surface area contributed by atoms with Crippen molar-refractivity contribution in [3.63, 3.8) is 0 Å². The molecule has 2 aliphatic heterocycles. The molecular weight excluding hydrogens is 464 g/mol. The van der Waals surface area contributed by atoms with Gasteiger partial charge in [-0.3, -0.25) is 14.5 Å². The molecule has 0 unspecified atom stereocenters. The lowest BCUT2D eigenvalue weighted by atomic mass is 9.73. The fourth-order valence-corrected chi connectivity index (χ4v) is 7.13. The highest BCUT2D eigenvalue weighted by atomic mass is 16.5. The third-order valence-electron chi connectivity index (χ3n) is 9.88. The summed E-state index contributed by atoms with van der Waals surface area (Å²) in [5.41, 5.74) is 3.98. The third kappa shape index (κ3) is 5.41. The van der Waals surface area contributed by atoms with Gasteiger partial charge in [0, 0.05) is 25.6 Å². The number of amides is 1. The molecule has 1 spiro atoms. The van der Waals surface area contributed by atoms with Gasteiger partial charge in [-0.1, -0.05) is 13.0 Å². The maximum absolute atomic E-state index is 13.2. The van der Waals surface area contributed by atoms with Crippen LogP contribution < -0.4 is 4.74 Å². The largest absolute Gasteiger partial charge is 0.496 e. The molecule has 2 saturated heterocycles. The number of methoxy groups -OCH3 is 1. The Morgan fingerprint density at radius 1 is 1.03 bits per heavy atom.